The van der Waals surface area contributed by atoms with Crippen LogP contribution in [0, 0.1) is 5.92 Å². The van der Waals surface area contributed by atoms with Crippen molar-refractivity contribution in [3.05, 3.63) is 71.3 Å². The SMILES string of the molecule is CC1CN(CCc2ccccc2)CC[C@@]1(C)c1cccc(C(=O)N(C)C)c1. The maximum Gasteiger partial charge on any atom is 0.253 e. The highest BCUT2D eigenvalue weighted by molar-refractivity contribution is 5.94. The molecular formula is C24H32N2O. The van der Waals surface area contributed by atoms with Gasteiger partial charge >= 0.3 is 0 Å². The van der Waals surface area contributed by atoms with Crippen LogP contribution in [0.25, 0.3) is 0 Å². The first kappa shape index (κ1) is 19.6. The van der Waals surface area contributed by atoms with Gasteiger partial charge in [-0.3, -0.25) is 4.79 Å². The first-order valence-electron chi connectivity index (χ1n) is 9.98. The molecule has 0 aromatic heterocycles. The van der Waals surface area contributed by atoms with Crippen molar-refractivity contribution >= 4 is 5.91 Å². The Labute approximate surface area is 164 Å². The summed E-state index contributed by atoms with van der Waals surface area (Å²) in [7, 11) is 3.62. The first-order chi connectivity index (χ1) is 12.9. The first-order valence-corrected chi connectivity index (χ1v) is 9.98. The fourth-order valence-electron chi connectivity index (χ4n) is 4.15. The molecule has 0 radical (unpaired) electrons. The lowest BCUT2D eigenvalue weighted by Crippen LogP contribution is -2.47. The van der Waals surface area contributed by atoms with Gasteiger partial charge in [0.1, 0.15) is 0 Å². The van der Waals surface area contributed by atoms with Gasteiger partial charge in [0.2, 0.25) is 0 Å². The highest BCUT2D eigenvalue weighted by Crippen LogP contribution is 2.39. The van der Waals surface area contributed by atoms with E-state index in [1.807, 2.05) is 26.2 Å². The lowest BCUT2D eigenvalue weighted by Gasteiger charge is -2.45. The molecule has 0 spiro atoms. The Balaban J connectivity index is 1.67. The number of rotatable bonds is 5. The predicted molar refractivity (Wildman–Crippen MR) is 112 cm³/mol. The fourth-order valence-corrected chi connectivity index (χ4v) is 4.15. The zero-order chi connectivity index (χ0) is 19.4. The summed E-state index contributed by atoms with van der Waals surface area (Å²) < 4.78 is 0. The van der Waals surface area contributed by atoms with Gasteiger partial charge in [-0.15, -0.1) is 0 Å². The van der Waals surface area contributed by atoms with Crippen molar-refractivity contribution in [3.8, 4) is 0 Å². The van der Waals surface area contributed by atoms with Gasteiger partial charge < -0.3 is 9.80 Å². The van der Waals surface area contributed by atoms with E-state index in [2.05, 4.69) is 61.2 Å². The van der Waals surface area contributed by atoms with Crippen LogP contribution >= 0.6 is 0 Å². The summed E-state index contributed by atoms with van der Waals surface area (Å²) in [4.78, 5) is 16.6. The molecule has 2 atom stereocenters. The molecule has 3 heteroatoms. The van der Waals surface area contributed by atoms with E-state index in [9.17, 15) is 4.79 Å². The second-order valence-electron chi connectivity index (χ2n) is 8.39. The van der Waals surface area contributed by atoms with E-state index in [-0.39, 0.29) is 11.3 Å². The maximum atomic E-state index is 12.4. The minimum absolute atomic E-state index is 0.0772. The third-order valence-corrected chi connectivity index (χ3v) is 6.30. The summed E-state index contributed by atoms with van der Waals surface area (Å²) in [5.74, 6) is 0.625. The Morgan fingerprint density at radius 3 is 2.56 bits per heavy atom. The second kappa shape index (κ2) is 8.26. The van der Waals surface area contributed by atoms with E-state index in [0.717, 1.165) is 38.0 Å². The van der Waals surface area contributed by atoms with Crippen LogP contribution in [0.2, 0.25) is 0 Å². The van der Waals surface area contributed by atoms with Crippen molar-refractivity contribution in [2.75, 3.05) is 33.7 Å². The molecule has 1 aliphatic rings. The molecular weight excluding hydrogens is 332 g/mol. The van der Waals surface area contributed by atoms with E-state index >= 15 is 0 Å². The predicted octanol–water partition coefficient (Wildman–Crippen LogP) is 4.23. The Kier molecular flexibility index (Phi) is 6.01. The Bertz CT molecular complexity index is 771. The molecule has 1 fully saturated rings. The van der Waals surface area contributed by atoms with E-state index in [1.54, 1.807) is 4.90 Å². The Hall–Kier alpha value is -2.13. The summed E-state index contributed by atoms with van der Waals surface area (Å²) in [5, 5.41) is 0. The van der Waals surface area contributed by atoms with Crippen molar-refractivity contribution in [3.63, 3.8) is 0 Å². The van der Waals surface area contributed by atoms with Gasteiger partial charge in [-0.25, -0.2) is 0 Å². The molecule has 1 amide bonds. The van der Waals surface area contributed by atoms with Crippen LogP contribution in [0.3, 0.4) is 0 Å². The van der Waals surface area contributed by atoms with Gasteiger partial charge in [0.25, 0.3) is 5.91 Å². The summed E-state index contributed by atoms with van der Waals surface area (Å²) in [6, 6.07) is 19.0. The molecule has 0 bridgehead atoms. The number of carbonyl (C=O) groups excluding carboxylic acids is 1. The number of likely N-dealkylation sites (tertiary alicyclic amines) is 1. The molecule has 1 unspecified atom stereocenters. The van der Waals surface area contributed by atoms with Crippen molar-refractivity contribution in [2.24, 2.45) is 5.92 Å². The lowest BCUT2D eigenvalue weighted by atomic mass is 9.68. The molecule has 1 saturated heterocycles. The average Bonchev–Trinajstić information content (AvgIpc) is 2.69. The standard InChI is InChI=1S/C24H32N2O/c1-19-18-26(15-13-20-9-6-5-7-10-20)16-14-24(19,2)22-12-8-11-21(17-22)23(27)25(3)4/h5-12,17,19H,13-16,18H2,1-4H3/t19?,24-/m1/s1. The van der Waals surface area contributed by atoms with Gasteiger partial charge in [-0.05, 0) is 54.0 Å². The van der Waals surface area contributed by atoms with E-state index < -0.39 is 0 Å². The van der Waals surface area contributed by atoms with Crippen LogP contribution in [0.15, 0.2) is 54.6 Å². The molecule has 0 aliphatic carbocycles. The number of hydrogen-bond acceptors (Lipinski definition) is 2. The quantitative estimate of drug-likeness (QED) is 0.793. The van der Waals surface area contributed by atoms with E-state index in [1.165, 1.54) is 11.1 Å². The van der Waals surface area contributed by atoms with E-state index in [4.69, 9.17) is 0 Å². The highest BCUT2D eigenvalue weighted by atomic mass is 16.2. The smallest absolute Gasteiger partial charge is 0.253 e. The minimum atomic E-state index is 0.0772. The molecule has 144 valence electrons. The second-order valence-corrected chi connectivity index (χ2v) is 8.39. The number of hydrogen-bond donors (Lipinski definition) is 0. The summed E-state index contributed by atoms with van der Waals surface area (Å²) in [6.07, 6.45) is 2.24. The van der Waals surface area contributed by atoms with Crippen LogP contribution < -0.4 is 0 Å². The molecule has 3 rings (SSSR count). The number of piperidine rings is 1. The summed E-state index contributed by atoms with van der Waals surface area (Å²) >= 11 is 0. The molecule has 3 nitrogen and oxygen atoms in total. The normalized spacial score (nSPS) is 23.2. The topological polar surface area (TPSA) is 23.6 Å². The van der Waals surface area contributed by atoms with Crippen molar-refractivity contribution in [1.82, 2.24) is 9.80 Å². The highest BCUT2D eigenvalue weighted by Gasteiger charge is 2.38. The number of nitrogens with zero attached hydrogens (tertiary/aromatic N) is 2. The summed E-state index contributed by atoms with van der Waals surface area (Å²) in [5.41, 5.74) is 3.61. The van der Waals surface area contributed by atoms with Crippen LogP contribution in [-0.4, -0.2) is 49.4 Å². The third kappa shape index (κ3) is 4.41. The largest absolute Gasteiger partial charge is 0.345 e. The lowest BCUT2D eigenvalue weighted by molar-refractivity contribution is 0.0826. The third-order valence-electron chi connectivity index (χ3n) is 6.30. The van der Waals surface area contributed by atoms with Crippen LogP contribution in [-0.2, 0) is 11.8 Å². The molecule has 2 aromatic rings. The zero-order valence-corrected chi connectivity index (χ0v) is 17.1. The van der Waals surface area contributed by atoms with Crippen molar-refractivity contribution in [2.45, 2.75) is 32.1 Å². The molecule has 1 aliphatic heterocycles. The molecule has 2 aromatic carbocycles. The number of carbonyl (C=O) groups is 1. The van der Waals surface area contributed by atoms with Gasteiger partial charge in [0.05, 0.1) is 0 Å². The molecule has 27 heavy (non-hydrogen) atoms. The Morgan fingerprint density at radius 1 is 1.15 bits per heavy atom. The molecule has 0 saturated carbocycles. The monoisotopic (exact) mass is 364 g/mol. The van der Waals surface area contributed by atoms with Gasteiger partial charge in [0.15, 0.2) is 0 Å². The van der Waals surface area contributed by atoms with Gasteiger partial charge in [-0.2, -0.15) is 0 Å². The van der Waals surface area contributed by atoms with Crippen molar-refractivity contribution < 1.29 is 4.79 Å². The van der Waals surface area contributed by atoms with E-state index in [0.29, 0.717) is 5.92 Å². The van der Waals surface area contributed by atoms with Gasteiger partial charge in [0, 0.05) is 32.7 Å². The van der Waals surface area contributed by atoms with Crippen LogP contribution in [0.4, 0.5) is 0 Å². The Morgan fingerprint density at radius 2 is 1.89 bits per heavy atom. The molecule has 1 heterocycles. The maximum absolute atomic E-state index is 12.4. The summed E-state index contributed by atoms with van der Waals surface area (Å²) in [6.45, 7) is 8.05. The zero-order valence-electron chi connectivity index (χ0n) is 17.1. The van der Waals surface area contributed by atoms with Gasteiger partial charge in [-0.1, -0.05) is 56.3 Å². The fraction of sp³-hybridized carbons (Fsp3) is 0.458. The number of benzene rings is 2. The van der Waals surface area contributed by atoms with Crippen molar-refractivity contribution in [1.29, 1.82) is 0 Å². The minimum Gasteiger partial charge on any atom is -0.345 e. The number of amides is 1. The average molecular weight is 365 g/mol. The van der Waals surface area contributed by atoms with Crippen LogP contribution in [0.5, 0.6) is 0 Å². The van der Waals surface area contributed by atoms with Crippen LogP contribution in [0.1, 0.15) is 41.8 Å². The molecule has 0 N–H and O–H groups in total.